The lowest BCUT2D eigenvalue weighted by Crippen LogP contribution is -2.41. The Hall–Kier alpha value is -4.73. The van der Waals surface area contributed by atoms with Crippen LogP contribution in [0.4, 0.5) is 5.69 Å². The molecule has 0 aliphatic carbocycles. The minimum Gasteiger partial charge on any atom is -0.481 e. The zero-order valence-electron chi connectivity index (χ0n) is 34.8. The van der Waals surface area contributed by atoms with Gasteiger partial charge < -0.3 is 30.4 Å². The van der Waals surface area contributed by atoms with E-state index in [-0.39, 0.29) is 99.8 Å². The van der Waals surface area contributed by atoms with Crippen LogP contribution in [0.3, 0.4) is 0 Å². The molecule has 2 aliphatic heterocycles. The number of rotatable bonds is 23. The highest BCUT2D eigenvalue weighted by atomic mass is 16.5. The number of esters is 1. The van der Waals surface area contributed by atoms with E-state index < -0.39 is 45.6 Å². The molecule has 0 aromatic heterocycles. The Morgan fingerprint density at radius 2 is 1.16 bits per heavy atom. The summed E-state index contributed by atoms with van der Waals surface area (Å²) in [6.07, 6.45) is 5.50. The maximum atomic E-state index is 13.5. The number of carbonyl (C=O) groups is 7. The number of amides is 5. The molecule has 2 aliphatic rings. The van der Waals surface area contributed by atoms with Crippen molar-refractivity contribution in [2.24, 2.45) is 33.3 Å². The number of nitrogens with zero attached hydrogens (tertiary/aromatic N) is 2. The van der Waals surface area contributed by atoms with Gasteiger partial charge in [0, 0.05) is 60.7 Å². The predicted octanol–water partition coefficient (Wildman–Crippen LogP) is 4.28. The molecule has 15 heteroatoms. The Balaban J connectivity index is 1.65. The zero-order valence-corrected chi connectivity index (χ0v) is 34.8. The van der Waals surface area contributed by atoms with Crippen LogP contribution >= 0.6 is 0 Å². The second-order valence-electron chi connectivity index (χ2n) is 18.5. The zero-order chi connectivity index (χ0) is 42.9. The first-order chi connectivity index (χ1) is 26.3. The van der Waals surface area contributed by atoms with E-state index in [1.165, 1.54) is 34.1 Å². The standard InChI is InChI=1S/C42H60N4O11/c1-27(38(53)54)16-29(43)17-28-10-11-31(57-37(52)20-40(4,5)24-56-26-42(8,9)22-46-35(50)14-15-36(46)51)30(18-28)44-32(47)19-39(2,3)23-55-25-41(6,7)21-45-33(48)12-13-34(45)49/h10-15,18,27,29H,16-17,19-26,43H2,1-9H3,(H,44,47)(H,53,54)/t27?,29-/m1/s1. The van der Waals surface area contributed by atoms with Gasteiger partial charge in [-0.25, -0.2) is 0 Å². The van der Waals surface area contributed by atoms with Crippen LogP contribution in [0.5, 0.6) is 5.75 Å². The van der Waals surface area contributed by atoms with Crippen LogP contribution in [0.25, 0.3) is 0 Å². The number of benzene rings is 1. The fourth-order valence-corrected chi connectivity index (χ4v) is 6.44. The Morgan fingerprint density at radius 3 is 1.61 bits per heavy atom. The Bertz CT molecular complexity index is 1720. The van der Waals surface area contributed by atoms with Crippen LogP contribution in [0.2, 0.25) is 0 Å². The molecule has 1 unspecified atom stereocenters. The minimum atomic E-state index is -0.949. The van der Waals surface area contributed by atoms with Crippen molar-refractivity contribution in [1.82, 2.24) is 9.80 Å². The van der Waals surface area contributed by atoms with Crippen LogP contribution in [-0.4, -0.2) is 102 Å². The maximum absolute atomic E-state index is 13.5. The number of carbonyl (C=O) groups excluding carboxylic acids is 6. The van der Waals surface area contributed by atoms with Gasteiger partial charge in [0.25, 0.3) is 23.6 Å². The lowest BCUT2D eigenvalue weighted by Gasteiger charge is -2.31. The van der Waals surface area contributed by atoms with E-state index in [9.17, 15) is 38.7 Å². The SMILES string of the molecule is CC(C[C@@H](N)Cc1ccc(OC(=O)CC(C)(C)COCC(C)(C)CN2C(=O)C=CC2=O)c(NC(=O)CC(C)(C)COCC(C)(C)CN2C(=O)C=CC2=O)c1)C(=O)O. The van der Waals surface area contributed by atoms with E-state index in [1.54, 1.807) is 25.1 Å². The van der Waals surface area contributed by atoms with Crippen molar-refractivity contribution in [2.45, 2.75) is 94.0 Å². The van der Waals surface area contributed by atoms with Crippen molar-refractivity contribution in [3.05, 3.63) is 48.1 Å². The quantitative estimate of drug-likeness (QED) is 0.0805. The molecule has 4 N–H and O–H groups in total. The summed E-state index contributed by atoms with van der Waals surface area (Å²) >= 11 is 0. The summed E-state index contributed by atoms with van der Waals surface area (Å²) in [5, 5.41) is 12.2. The van der Waals surface area contributed by atoms with Gasteiger partial charge in [-0.1, -0.05) is 68.4 Å². The van der Waals surface area contributed by atoms with Crippen LogP contribution in [0, 0.1) is 27.6 Å². The van der Waals surface area contributed by atoms with Gasteiger partial charge in [0.15, 0.2) is 5.75 Å². The second-order valence-corrected chi connectivity index (χ2v) is 18.5. The largest absolute Gasteiger partial charge is 0.481 e. The number of imide groups is 2. The van der Waals surface area contributed by atoms with Gasteiger partial charge in [-0.3, -0.25) is 43.4 Å². The second kappa shape index (κ2) is 19.1. The van der Waals surface area contributed by atoms with E-state index in [4.69, 9.17) is 19.9 Å². The molecule has 2 heterocycles. The van der Waals surface area contributed by atoms with Crippen molar-refractivity contribution < 1.29 is 52.9 Å². The summed E-state index contributed by atoms with van der Waals surface area (Å²) in [7, 11) is 0. The van der Waals surface area contributed by atoms with Crippen LogP contribution in [0.1, 0.15) is 87.1 Å². The molecule has 0 saturated heterocycles. The first-order valence-corrected chi connectivity index (χ1v) is 19.1. The lowest BCUT2D eigenvalue weighted by molar-refractivity contribution is -0.142. The average molecular weight is 797 g/mol. The third-order valence-electron chi connectivity index (χ3n) is 9.32. The summed E-state index contributed by atoms with van der Waals surface area (Å²) in [5.74, 6) is -3.88. The van der Waals surface area contributed by atoms with Crippen molar-refractivity contribution in [3.8, 4) is 5.75 Å². The Kier molecular flexibility index (Phi) is 15.7. The van der Waals surface area contributed by atoms with E-state index in [0.29, 0.717) is 12.0 Å². The molecule has 0 saturated carbocycles. The van der Waals surface area contributed by atoms with Crippen LogP contribution < -0.4 is 15.8 Å². The van der Waals surface area contributed by atoms with Gasteiger partial charge in [0.1, 0.15) is 0 Å². The van der Waals surface area contributed by atoms with E-state index in [0.717, 1.165) is 0 Å². The highest BCUT2D eigenvalue weighted by molar-refractivity contribution is 6.13. The van der Waals surface area contributed by atoms with Gasteiger partial charge in [0.05, 0.1) is 44.5 Å². The van der Waals surface area contributed by atoms with E-state index in [1.807, 2.05) is 55.4 Å². The number of carboxylic acids is 1. The normalized spacial score (nSPS) is 16.1. The molecule has 57 heavy (non-hydrogen) atoms. The number of hydrogen-bond acceptors (Lipinski definition) is 11. The number of hydrogen-bond donors (Lipinski definition) is 3. The molecule has 0 radical (unpaired) electrons. The molecule has 314 valence electrons. The third-order valence-corrected chi connectivity index (χ3v) is 9.32. The van der Waals surface area contributed by atoms with Gasteiger partial charge in [-0.2, -0.15) is 0 Å². The smallest absolute Gasteiger partial charge is 0.311 e. The van der Waals surface area contributed by atoms with E-state index in [2.05, 4.69) is 5.32 Å². The van der Waals surface area contributed by atoms with Gasteiger partial charge in [0.2, 0.25) is 5.91 Å². The molecule has 0 spiro atoms. The van der Waals surface area contributed by atoms with Crippen LogP contribution in [0.15, 0.2) is 42.5 Å². The number of nitrogens with two attached hydrogens (primary N) is 1. The van der Waals surface area contributed by atoms with Crippen LogP contribution in [-0.2, 0) is 49.5 Å². The molecule has 3 rings (SSSR count). The molecule has 1 aromatic carbocycles. The topological polar surface area (TPSA) is 212 Å². The first kappa shape index (κ1) is 46.7. The predicted molar refractivity (Wildman–Crippen MR) is 212 cm³/mol. The van der Waals surface area contributed by atoms with Gasteiger partial charge in [-0.15, -0.1) is 0 Å². The van der Waals surface area contributed by atoms with Gasteiger partial charge >= 0.3 is 11.9 Å². The summed E-state index contributed by atoms with van der Waals surface area (Å²) < 4.78 is 17.8. The minimum absolute atomic E-state index is 0.0327. The average Bonchev–Trinajstić information content (AvgIpc) is 3.54. The molecular formula is C42H60N4O11. The monoisotopic (exact) mass is 796 g/mol. The molecule has 2 atom stereocenters. The number of ether oxygens (including phenoxy) is 3. The summed E-state index contributed by atoms with van der Waals surface area (Å²) in [6, 6.07) is 4.46. The molecule has 5 amide bonds. The highest BCUT2D eigenvalue weighted by Gasteiger charge is 2.34. The number of aliphatic carboxylic acids is 1. The number of carboxylic acid groups (broad SMARTS) is 1. The maximum Gasteiger partial charge on any atom is 0.311 e. The number of nitrogens with one attached hydrogen (secondary N) is 1. The lowest BCUT2D eigenvalue weighted by atomic mass is 9.89. The fourth-order valence-electron chi connectivity index (χ4n) is 6.44. The number of anilines is 1. The first-order valence-electron chi connectivity index (χ1n) is 19.1. The van der Waals surface area contributed by atoms with E-state index >= 15 is 0 Å². The summed E-state index contributed by atoms with van der Waals surface area (Å²) in [6.45, 7) is 17.7. The molecule has 15 nitrogen and oxygen atoms in total. The summed E-state index contributed by atoms with van der Waals surface area (Å²) in [5.41, 5.74) is 4.85. The van der Waals surface area contributed by atoms with Gasteiger partial charge in [-0.05, 0) is 41.4 Å². The summed E-state index contributed by atoms with van der Waals surface area (Å²) in [4.78, 5) is 88.7. The third kappa shape index (κ3) is 15.3. The highest BCUT2D eigenvalue weighted by Crippen LogP contribution is 2.32. The van der Waals surface area contributed by atoms with Crippen molar-refractivity contribution in [3.63, 3.8) is 0 Å². The Morgan fingerprint density at radius 1 is 0.719 bits per heavy atom. The van der Waals surface area contributed by atoms with Crippen molar-refractivity contribution in [2.75, 3.05) is 44.8 Å². The molecule has 0 bridgehead atoms. The molecule has 0 fully saturated rings. The fraction of sp³-hybridized carbons (Fsp3) is 0.595. The Labute approximate surface area is 335 Å². The van der Waals surface area contributed by atoms with Crippen molar-refractivity contribution in [1.29, 1.82) is 0 Å². The van der Waals surface area contributed by atoms with Crippen molar-refractivity contribution >= 4 is 47.2 Å². The molecular weight excluding hydrogens is 736 g/mol. The molecule has 1 aromatic rings.